The van der Waals surface area contributed by atoms with Gasteiger partial charge in [0, 0.05) is 18.5 Å². The minimum absolute atomic E-state index is 0.224. The molecule has 1 saturated heterocycles. The highest BCUT2D eigenvalue weighted by molar-refractivity contribution is 5.22. The van der Waals surface area contributed by atoms with E-state index in [1.54, 1.807) is 12.1 Å². The summed E-state index contributed by atoms with van der Waals surface area (Å²) >= 11 is 0. The molecular weight excluding hydrogens is 221 g/mol. The van der Waals surface area contributed by atoms with Gasteiger partial charge in [0.15, 0.2) is 0 Å². The Labute approximate surface area is 101 Å². The Bertz CT molecular complexity index is 372. The van der Waals surface area contributed by atoms with Gasteiger partial charge in [-0.2, -0.15) is 0 Å². The number of ether oxygens (including phenoxy) is 1. The Morgan fingerprint density at radius 2 is 2.41 bits per heavy atom. The highest BCUT2D eigenvalue weighted by Crippen LogP contribution is 2.19. The molecule has 1 N–H and O–H groups in total. The van der Waals surface area contributed by atoms with E-state index in [-0.39, 0.29) is 18.3 Å². The molecule has 3 nitrogen and oxygen atoms in total. The lowest BCUT2D eigenvalue weighted by Gasteiger charge is -2.18. The number of aliphatic hydroxyl groups is 1. The number of hydrogen-bond donors (Lipinski definition) is 1. The van der Waals surface area contributed by atoms with Crippen LogP contribution in [0.2, 0.25) is 0 Å². The fraction of sp³-hybridized carbons (Fsp3) is 0.538. The molecule has 4 heteroatoms. The number of rotatable bonds is 4. The average Bonchev–Trinajstić information content (AvgIpc) is 2.73. The van der Waals surface area contributed by atoms with Crippen LogP contribution in [-0.2, 0) is 0 Å². The summed E-state index contributed by atoms with van der Waals surface area (Å²) in [4.78, 5) is 2.19. The van der Waals surface area contributed by atoms with E-state index >= 15 is 0 Å². The molecule has 0 amide bonds. The molecule has 1 heterocycles. The topological polar surface area (TPSA) is 32.7 Å². The molecule has 2 unspecified atom stereocenters. The van der Waals surface area contributed by atoms with Crippen LogP contribution in [-0.4, -0.2) is 42.9 Å². The van der Waals surface area contributed by atoms with Gasteiger partial charge in [-0.05, 0) is 32.1 Å². The van der Waals surface area contributed by atoms with Crippen LogP contribution < -0.4 is 4.74 Å². The molecule has 2 rings (SSSR count). The van der Waals surface area contributed by atoms with E-state index in [0.29, 0.717) is 5.75 Å². The van der Waals surface area contributed by atoms with Crippen molar-refractivity contribution in [1.29, 1.82) is 0 Å². The smallest absolute Gasteiger partial charge is 0.126 e. The van der Waals surface area contributed by atoms with Gasteiger partial charge < -0.3 is 14.7 Å². The lowest BCUT2D eigenvalue weighted by molar-refractivity contribution is 0.0606. The van der Waals surface area contributed by atoms with Crippen molar-refractivity contribution in [1.82, 2.24) is 4.90 Å². The van der Waals surface area contributed by atoms with Crippen LogP contribution in [0.3, 0.4) is 0 Å². The third kappa shape index (κ3) is 3.41. The molecular formula is C13H18FNO2. The summed E-state index contributed by atoms with van der Waals surface area (Å²) < 4.78 is 18.3. The first-order valence-corrected chi connectivity index (χ1v) is 5.90. The SMILES string of the molecule is CN1CCC(C(O)COc2cccc(F)c2)C1. The molecule has 2 atom stereocenters. The maximum atomic E-state index is 12.9. The first-order valence-electron chi connectivity index (χ1n) is 5.90. The molecule has 0 aliphatic carbocycles. The van der Waals surface area contributed by atoms with Crippen LogP contribution in [0.15, 0.2) is 24.3 Å². The summed E-state index contributed by atoms with van der Waals surface area (Å²) in [5.74, 6) is 0.404. The molecule has 1 aliphatic rings. The summed E-state index contributed by atoms with van der Waals surface area (Å²) in [7, 11) is 2.04. The largest absolute Gasteiger partial charge is 0.491 e. The van der Waals surface area contributed by atoms with Gasteiger partial charge in [-0.25, -0.2) is 4.39 Å². The summed E-state index contributed by atoms with van der Waals surface area (Å²) in [6.45, 7) is 2.14. The highest BCUT2D eigenvalue weighted by Gasteiger charge is 2.26. The fourth-order valence-corrected chi connectivity index (χ4v) is 2.16. The highest BCUT2D eigenvalue weighted by atomic mass is 19.1. The van der Waals surface area contributed by atoms with Crippen molar-refractivity contribution in [2.45, 2.75) is 12.5 Å². The van der Waals surface area contributed by atoms with Gasteiger partial charge in [-0.1, -0.05) is 6.07 Å². The predicted molar refractivity (Wildman–Crippen MR) is 63.5 cm³/mol. The van der Waals surface area contributed by atoms with E-state index in [1.807, 2.05) is 7.05 Å². The Kier molecular flexibility index (Phi) is 3.97. The first-order chi connectivity index (χ1) is 8.15. The second kappa shape index (κ2) is 5.47. The van der Waals surface area contributed by atoms with Crippen molar-refractivity contribution in [2.75, 3.05) is 26.7 Å². The van der Waals surface area contributed by atoms with Crippen molar-refractivity contribution in [3.05, 3.63) is 30.1 Å². The fourth-order valence-electron chi connectivity index (χ4n) is 2.16. The van der Waals surface area contributed by atoms with Crippen LogP contribution in [0, 0.1) is 11.7 Å². The molecule has 17 heavy (non-hydrogen) atoms. The Balaban J connectivity index is 1.81. The minimum atomic E-state index is -0.483. The third-order valence-corrected chi connectivity index (χ3v) is 3.19. The maximum absolute atomic E-state index is 12.9. The van der Waals surface area contributed by atoms with Gasteiger partial charge >= 0.3 is 0 Å². The average molecular weight is 239 g/mol. The zero-order valence-electron chi connectivity index (χ0n) is 9.97. The second-order valence-corrected chi connectivity index (χ2v) is 4.65. The zero-order valence-corrected chi connectivity index (χ0v) is 9.97. The van der Waals surface area contributed by atoms with Crippen LogP contribution in [0.25, 0.3) is 0 Å². The van der Waals surface area contributed by atoms with Gasteiger partial charge in [0.1, 0.15) is 18.2 Å². The summed E-state index contributed by atoms with van der Waals surface area (Å²) in [6, 6.07) is 5.99. The Morgan fingerprint density at radius 3 is 3.06 bits per heavy atom. The molecule has 1 aromatic carbocycles. The van der Waals surface area contributed by atoms with Gasteiger partial charge in [-0.3, -0.25) is 0 Å². The van der Waals surface area contributed by atoms with Crippen LogP contribution in [0.4, 0.5) is 4.39 Å². The van der Waals surface area contributed by atoms with E-state index in [0.717, 1.165) is 19.5 Å². The number of nitrogens with zero attached hydrogens (tertiary/aromatic N) is 1. The standard InChI is InChI=1S/C13H18FNO2/c1-15-6-5-10(8-15)13(16)9-17-12-4-2-3-11(14)7-12/h2-4,7,10,13,16H,5-6,8-9H2,1H3. The number of benzene rings is 1. The van der Waals surface area contributed by atoms with E-state index in [2.05, 4.69) is 4.90 Å². The first kappa shape index (κ1) is 12.3. The molecule has 0 saturated carbocycles. The summed E-state index contributed by atoms with van der Waals surface area (Å²) in [5, 5.41) is 9.95. The predicted octanol–water partition coefficient (Wildman–Crippen LogP) is 1.52. The maximum Gasteiger partial charge on any atom is 0.126 e. The Morgan fingerprint density at radius 1 is 1.59 bits per heavy atom. The molecule has 0 bridgehead atoms. The van der Waals surface area contributed by atoms with Crippen molar-refractivity contribution in [2.24, 2.45) is 5.92 Å². The normalized spacial score (nSPS) is 22.6. The minimum Gasteiger partial charge on any atom is -0.491 e. The van der Waals surface area contributed by atoms with E-state index < -0.39 is 6.10 Å². The van der Waals surface area contributed by atoms with E-state index in [4.69, 9.17) is 4.74 Å². The molecule has 1 aromatic rings. The van der Waals surface area contributed by atoms with Crippen LogP contribution in [0.5, 0.6) is 5.75 Å². The Hall–Kier alpha value is -1.13. The molecule has 0 radical (unpaired) electrons. The summed E-state index contributed by atoms with van der Waals surface area (Å²) in [5.41, 5.74) is 0. The number of hydrogen-bond acceptors (Lipinski definition) is 3. The quantitative estimate of drug-likeness (QED) is 0.864. The van der Waals surface area contributed by atoms with Crippen molar-refractivity contribution >= 4 is 0 Å². The van der Waals surface area contributed by atoms with E-state index in [9.17, 15) is 9.50 Å². The van der Waals surface area contributed by atoms with Crippen molar-refractivity contribution < 1.29 is 14.2 Å². The molecule has 1 aliphatic heterocycles. The van der Waals surface area contributed by atoms with Crippen LogP contribution in [0.1, 0.15) is 6.42 Å². The number of aliphatic hydroxyl groups excluding tert-OH is 1. The zero-order chi connectivity index (χ0) is 12.3. The van der Waals surface area contributed by atoms with E-state index in [1.165, 1.54) is 12.1 Å². The van der Waals surface area contributed by atoms with Gasteiger partial charge in [0.05, 0.1) is 6.10 Å². The molecule has 94 valence electrons. The van der Waals surface area contributed by atoms with Crippen LogP contribution >= 0.6 is 0 Å². The lowest BCUT2D eigenvalue weighted by atomic mass is 10.0. The number of likely N-dealkylation sites (tertiary alicyclic amines) is 1. The third-order valence-electron chi connectivity index (χ3n) is 3.19. The molecule has 1 fully saturated rings. The second-order valence-electron chi connectivity index (χ2n) is 4.65. The van der Waals surface area contributed by atoms with Crippen molar-refractivity contribution in [3.8, 4) is 5.75 Å². The van der Waals surface area contributed by atoms with Gasteiger partial charge in [0.25, 0.3) is 0 Å². The summed E-state index contributed by atoms with van der Waals surface area (Å²) in [6.07, 6.45) is 0.507. The number of halogens is 1. The molecule has 0 spiro atoms. The lowest BCUT2D eigenvalue weighted by Crippen LogP contribution is -2.29. The molecule has 0 aromatic heterocycles. The monoisotopic (exact) mass is 239 g/mol. The van der Waals surface area contributed by atoms with Gasteiger partial charge in [0.2, 0.25) is 0 Å². The van der Waals surface area contributed by atoms with Crippen molar-refractivity contribution in [3.63, 3.8) is 0 Å². The van der Waals surface area contributed by atoms with Gasteiger partial charge in [-0.15, -0.1) is 0 Å².